The molecule has 4 nitrogen and oxygen atoms in total. The van der Waals surface area contributed by atoms with E-state index in [1.807, 2.05) is 55.5 Å². The van der Waals surface area contributed by atoms with E-state index < -0.39 is 0 Å². The summed E-state index contributed by atoms with van der Waals surface area (Å²) in [5, 5.41) is 0. The lowest BCUT2D eigenvalue weighted by molar-refractivity contribution is 0.588. The molecule has 0 N–H and O–H groups in total. The van der Waals surface area contributed by atoms with E-state index in [4.69, 9.17) is 0 Å². The van der Waals surface area contributed by atoms with E-state index in [1.54, 1.807) is 6.20 Å². The van der Waals surface area contributed by atoms with Crippen molar-refractivity contribution in [1.29, 1.82) is 0 Å². The lowest BCUT2D eigenvalue weighted by Crippen LogP contribution is -2.11. The van der Waals surface area contributed by atoms with Crippen molar-refractivity contribution in [2.75, 3.05) is 0 Å². The van der Waals surface area contributed by atoms with Crippen molar-refractivity contribution in [3.63, 3.8) is 0 Å². The molecule has 0 amide bonds. The maximum absolute atomic E-state index is 4.46. The first kappa shape index (κ1) is 18.0. The fraction of sp³-hybridized carbons (Fsp3) is 0.167. The van der Waals surface area contributed by atoms with E-state index in [0.29, 0.717) is 0 Å². The van der Waals surface area contributed by atoms with Crippen LogP contribution in [0.5, 0.6) is 0 Å². The third-order valence-electron chi connectivity index (χ3n) is 4.74. The second-order valence-corrected chi connectivity index (χ2v) is 7.88. The van der Waals surface area contributed by atoms with Crippen LogP contribution in [-0.4, -0.2) is 19.9 Å². The standard InChI is InChI=1S/C24H22N4/c1-24(2,3)23-9-22(15-28-16-23)21-8-20(13-27-14-21)19-7-18(11-26-12-19)17-5-4-6-25-10-17/h4-16H,1-3H3. The van der Waals surface area contributed by atoms with Gasteiger partial charge in [-0.15, -0.1) is 0 Å². The first-order valence-electron chi connectivity index (χ1n) is 9.27. The van der Waals surface area contributed by atoms with Gasteiger partial charge in [0.15, 0.2) is 0 Å². The van der Waals surface area contributed by atoms with Crippen molar-refractivity contribution in [1.82, 2.24) is 19.9 Å². The van der Waals surface area contributed by atoms with Gasteiger partial charge in [-0.05, 0) is 35.2 Å². The van der Waals surface area contributed by atoms with Crippen LogP contribution in [0, 0.1) is 0 Å². The molecule has 0 atom stereocenters. The van der Waals surface area contributed by atoms with E-state index >= 15 is 0 Å². The largest absolute Gasteiger partial charge is 0.264 e. The Morgan fingerprint density at radius 2 is 1.00 bits per heavy atom. The Morgan fingerprint density at radius 1 is 0.536 bits per heavy atom. The van der Waals surface area contributed by atoms with Gasteiger partial charge >= 0.3 is 0 Å². The first-order chi connectivity index (χ1) is 13.5. The van der Waals surface area contributed by atoms with E-state index in [1.165, 1.54) is 5.56 Å². The summed E-state index contributed by atoms with van der Waals surface area (Å²) < 4.78 is 0. The number of nitrogens with zero attached hydrogens (tertiary/aromatic N) is 4. The fourth-order valence-corrected chi connectivity index (χ4v) is 3.05. The Kier molecular flexibility index (Phi) is 4.70. The molecule has 0 spiro atoms. The molecule has 0 saturated heterocycles. The Bertz CT molecular complexity index is 1100. The van der Waals surface area contributed by atoms with Crippen LogP contribution in [-0.2, 0) is 5.41 Å². The van der Waals surface area contributed by atoms with E-state index in [2.05, 4.69) is 58.9 Å². The van der Waals surface area contributed by atoms with Gasteiger partial charge in [0, 0.05) is 83.0 Å². The normalized spacial score (nSPS) is 11.4. The van der Waals surface area contributed by atoms with Crippen LogP contribution >= 0.6 is 0 Å². The first-order valence-corrected chi connectivity index (χ1v) is 9.27. The molecular weight excluding hydrogens is 344 g/mol. The van der Waals surface area contributed by atoms with Gasteiger partial charge in [0.2, 0.25) is 0 Å². The highest BCUT2D eigenvalue weighted by atomic mass is 14.7. The average Bonchev–Trinajstić information content (AvgIpc) is 2.74. The second kappa shape index (κ2) is 7.31. The zero-order chi connectivity index (χ0) is 19.6. The predicted molar refractivity (Wildman–Crippen MR) is 113 cm³/mol. The summed E-state index contributed by atoms with van der Waals surface area (Å²) in [6.07, 6.45) is 14.9. The van der Waals surface area contributed by atoms with Gasteiger partial charge in [0.25, 0.3) is 0 Å². The molecule has 0 unspecified atom stereocenters. The van der Waals surface area contributed by atoms with Crippen molar-refractivity contribution >= 4 is 0 Å². The molecule has 0 aliphatic heterocycles. The van der Waals surface area contributed by atoms with Gasteiger partial charge in [-0.2, -0.15) is 0 Å². The highest BCUT2D eigenvalue weighted by molar-refractivity contribution is 5.74. The van der Waals surface area contributed by atoms with Crippen molar-refractivity contribution in [2.24, 2.45) is 0 Å². The number of pyridine rings is 4. The van der Waals surface area contributed by atoms with E-state index in [-0.39, 0.29) is 5.41 Å². The lowest BCUT2D eigenvalue weighted by Gasteiger charge is -2.19. The summed E-state index contributed by atoms with van der Waals surface area (Å²) in [5.41, 5.74) is 7.50. The summed E-state index contributed by atoms with van der Waals surface area (Å²) in [6, 6.07) is 10.4. The Morgan fingerprint density at radius 3 is 1.50 bits per heavy atom. The van der Waals surface area contributed by atoms with Gasteiger partial charge in [0.1, 0.15) is 0 Å². The SMILES string of the molecule is CC(C)(C)c1cncc(-c2cncc(-c3cncc(-c4cccnc4)c3)c2)c1. The van der Waals surface area contributed by atoms with Crippen molar-refractivity contribution in [3.8, 4) is 33.4 Å². The molecule has 0 aliphatic rings. The molecule has 4 rings (SSSR count). The zero-order valence-electron chi connectivity index (χ0n) is 16.3. The maximum atomic E-state index is 4.46. The van der Waals surface area contributed by atoms with Gasteiger partial charge in [-0.3, -0.25) is 19.9 Å². The number of aromatic nitrogens is 4. The Labute approximate surface area is 165 Å². The summed E-state index contributed by atoms with van der Waals surface area (Å²) in [7, 11) is 0. The van der Waals surface area contributed by atoms with Crippen LogP contribution in [0.2, 0.25) is 0 Å². The van der Waals surface area contributed by atoms with Crippen molar-refractivity contribution < 1.29 is 0 Å². The third kappa shape index (κ3) is 3.81. The highest BCUT2D eigenvalue weighted by Crippen LogP contribution is 2.30. The summed E-state index contributed by atoms with van der Waals surface area (Å²) >= 11 is 0. The topological polar surface area (TPSA) is 51.6 Å². The van der Waals surface area contributed by atoms with Crippen molar-refractivity contribution in [3.05, 3.63) is 85.5 Å². The Hall–Kier alpha value is -3.40. The predicted octanol–water partition coefficient (Wildman–Crippen LogP) is 5.57. The molecule has 0 aliphatic carbocycles. The summed E-state index contributed by atoms with van der Waals surface area (Å²) in [5.74, 6) is 0. The van der Waals surface area contributed by atoms with Crippen LogP contribution in [0.3, 0.4) is 0 Å². The van der Waals surface area contributed by atoms with Crippen LogP contribution in [0.1, 0.15) is 26.3 Å². The van der Waals surface area contributed by atoms with Crippen LogP contribution in [0.4, 0.5) is 0 Å². The third-order valence-corrected chi connectivity index (χ3v) is 4.74. The van der Waals surface area contributed by atoms with E-state index in [0.717, 1.165) is 33.4 Å². The number of hydrogen-bond donors (Lipinski definition) is 0. The molecular formula is C24H22N4. The Balaban J connectivity index is 1.73. The zero-order valence-corrected chi connectivity index (χ0v) is 16.3. The molecule has 0 radical (unpaired) electrons. The number of hydrogen-bond acceptors (Lipinski definition) is 4. The molecule has 138 valence electrons. The van der Waals surface area contributed by atoms with Crippen molar-refractivity contribution in [2.45, 2.75) is 26.2 Å². The fourth-order valence-electron chi connectivity index (χ4n) is 3.05. The van der Waals surface area contributed by atoms with Crippen LogP contribution < -0.4 is 0 Å². The maximum Gasteiger partial charge on any atom is 0.0347 e. The van der Waals surface area contributed by atoms with Crippen LogP contribution in [0.15, 0.2) is 79.9 Å². The second-order valence-electron chi connectivity index (χ2n) is 7.88. The minimum Gasteiger partial charge on any atom is -0.264 e. The summed E-state index contributed by atoms with van der Waals surface area (Å²) in [6.45, 7) is 6.58. The number of rotatable bonds is 3. The molecule has 0 saturated carbocycles. The quantitative estimate of drug-likeness (QED) is 0.476. The summed E-state index contributed by atoms with van der Waals surface area (Å²) in [4.78, 5) is 17.5. The van der Waals surface area contributed by atoms with Gasteiger partial charge in [-0.1, -0.05) is 26.8 Å². The molecule has 0 bridgehead atoms. The molecule has 0 fully saturated rings. The van der Waals surface area contributed by atoms with Gasteiger partial charge in [-0.25, -0.2) is 0 Å². The van der Waals surface area contributed by atoms with Gasteiger partial charge < -0.3 is 0 Å². The lowest BCUT2D eigenvalue weighted by atomic mass is 9.87. The molecule has 4 aromatic heterocycles. The highest BCUT2D eigenvalue weighted by Gasteiger charge is 2.15. The van der Waals surface area contributed by atoms with E-state index in [9.17, 15) is 0 Å². The molecule has 28 heavy (non-hydrogen) atoms. The van der Waals surface area contributed by atoms with Crippen LogP contribution in [0.25, 0.3) is 33.4 Å². The monoisotopic (exact) mass is 366 g/mol. The van der Waals surface area contributed by atoms with Gasteiger partial charge in [0.05, 0.1) is 0 Å². The molecule has 4 heterocycles. The minimum atomic E-state index is 0.0516. The molecule has 4 aromatic rings. The smallest absolute Gasteiger partial charge is 0.0347 e. The average molecular weight is 366 g/mol. The molecule has 0 aromatic carbocycles. The minimum absolute atomic E-state index is 0.0516. The molecule has 4 heteroatoms.